The minimum atomic E-state index is -3.40. The third-order valence-corrected chi connectivity index (χ3v) is 8.89. The molecular formula is C19H24O4Si. The summed E-state index contributed by atoms with van der Waals surface area (Å²) in [6.07, 6.45) is 7.13. The summed E-state index contributed by atoms with van der Waals surface area (Å²) in [5.74, 6) is -1.12. The highest BCUT2D eigenvalue weighted by Crippen LogP contribution is 2.50. The van der Waals surface area contributed by atoms with Gasteiger partial charge in [0, 0.05) is 22.4 Å². The average molecular weight is 344 g/mol. The van der Waals surface area contributed by atoms with Gasteiger partial charge in [0.1, 0.15) is 0 Å². The molecule has 24 heavy (non-hydrogen) atoms. The molecule has 4 nitrogen and oxygen atoms in total. The number of benzene rings is 1. The van der Waals surface area contributed by atoms with Crippen LogP contribution >= 0.6 is 0 Å². The molecule has 0 heterocycles. The molecule has 0 bridgehead atoms. The van der Waals surface area contributed by atoms with Crippen LogP contribution in [0.1, 0.15) is 39.0 Å². The van der Waals surface area contributed by atoms with Gasteiger partial charge in [0.2, 0.25) is 0 Å². The maximum Gasteiger partial charge on any atom is 0.506 e. The van der Waals surface area contributed by atoms with E-state index in [-0.39, 0.29) is 5.04 Å². The van der Waals surface area contributed by atoms with E-state index in [1.165, 1.54) is 0 Å². The first kappa shape index (κ1) is 18.2. The van der Waals surface area contributed by atoms with Crippen LogP contribution in [0.2, 0.25) is 5.04 Å². The molecule has 0 aromatic heterocycles. The van der Waals surface area contributed by atoms with Gasteiger partial charge in [0.15, 0.2) is 0 Å². The highest BCUT2D eigenvalue weighted by molar-refractivity contribution is 6.86. The third kappa shape index (κ3) is 3.51. The third-order valence-electron chi connectivity index (χ3n) is 4.73. The first-order valence-electron chi connectivity index (χ1n) is 8.24. The molecule has 0 amide bonds. The standard InChI is InChI=1S/C19H24O4Si/c1-4-17(20)22-24(23-18(21)5-2,16-12-8-6-9-13-16)19(3)14-10-7-11-15-19/h4-6,8-9,12-13H,1-2,7,10-11,14-15H2,3H3. The Kier molecular flexibility index (Phi) is 5.78. The summed E-state index contributed by atoms with van der Waals surface area (Å²) >= 11 is 0. The molecule has 0 radical (unpaired) electrons. The summed E-state index contributed by atoms with van der Waals surface area (Å²) < 4.78 is 11.8. The lowest BCUT2D eigenvalue weighted by molar-refractivity contribution is -0.136. The van der Waals surface area contributed by atoms with Crippen molar-refractivity contribution in [2.45, 2.75) is 44.1 Å². The van der Waals surface area contributed by atoms with Gasteiger partial charge in [0.05, 0.1) is 0 Å². The summed E-state index contributed by atoms with van der Waals surface area (Å²) in [5.41, 5.74) is 0. The Morgan fingerprint density at radius 3 is 1.96 bits per heavy atom. The Labute approximate surface area is 144 Å². The lowest BCUT2D eigenvalue weighted by Gasteiger charge is -2.45. The summed E-state index contributed by atoms with van der Waals surface area (Å²) in [7, 11) is -3.40. The molecule has 0 aliphatic heterocycles. The van der Waals surface area contributed by atoms with Gasteiger partial charge in [-0.25, -0.2) is 9.59 Å². The molecule has 0 spiro atoms. The van der Waals surface area contributed by atoms with Crippen molar-refractivity contribution in [1.82, 2.24) is 0 Å². The van der Waals surface area contributed by atoms with Crippen molar-refractivity contribution in [3.8, 4) is 0 Å². The summed E-state index contributed by atoms with van der Waals surface area (Å²) in [6, 6.07) is 9.37. The maximum atomic E-state index is 12.1. The molecule has 1 fully saturated rings. The van der Waals surface area contributed by atoms with Crippen molar-refractivity contribution in [3.05, 3.63) is 55.6 Å². The maximum absolute atomic E-state index is 12.1. The van der Waals surface area contributed by atoms with E-state index in [4.69, 9.17) is 8.85 Å². The van der Waals surface area contributed by atoms with Gasteiger partial charge in [-0.15, -0.1) is 0 Å². The van der Waals surface area contributed by atoms with Crippen LogP contribution in [0, 0.1) is 0 Å². The second-order valence-corrected chi connectivity index (χ2v) is 9.78. The first-order chi connectivity index (χ1) is 11.5. The zero-order valence-corrected chi connectivity index (χ0v) is 15.1. The van der Waals surface area contributed by atoms with Crippen molar-refractivity contribution in [3.63, 3.8) is 0 Å². The molecule has 1 aromatic carbocycles. The fourth-order valence-electron chi connectivity index (χ4n) is 3.42. The smallest absolute Gasteiger partial charge is 0.478 e. The fraction of sp³-hybridized carbons (Fsp3) is 0.368. The lowest BCUT2D eigenvalue weighted by atomic mass is 9.90. The van der Waals surface area contributed by atoms with E-state index in [9.17, 15) is 9.59 Å². The minimum absolute atomic E-state index is 0.385. The van der Waals surface area contributed by atoms with E-state index in [1.807, 2.05) is 30.3 Å². The quantitative estimate of drug-likeness (QED) is 0.585. The largest absolute Gasteiger partial charge is 0.506 e. The van der Waals surface area contributed by atoms with E-state index in [1.54, 1.807) is 0 Å². The van der Waals surface area contributed by atoms with Gasteiger partial charge in [-0.2, -0.15) is 0 Å². The number of carbonyl (C=O) groups excluding carboxylic acids is 2. The molecule has 0 saturated heterocycles. The zero-order chi connectivity index (χ0) is 17.6. The van der Waals surface area contributed by atoms with Gasteiger partial charge >= 0.3 is 20.5 Å². The fourth-order valence-corrected chi connectivity index (χ4v) is 7.26. The number of rotatable bonds is 6. The number of hydrogen-bond donors (Lipinski definition) is 0. The highest BCUT2D eigenvalue weighted by Gasteiger charge is 2.61. The van der Waals surface area contributed by atoms with Crippen LogP contribution in [0.3, 0.4) is 0 Å². The Balaban J connectivity index is 2.61. The van der Waals surface area contributed by atoms with Crippen LogP contribution in [0.25, 0.3) is 0 Å². The predicted octanol–water partition coefficient (Wildman–Crippen LogP) is 3.52. The van der Waals surface area contributed by atoms with Crippen molar-refractivity contribution >= 4 is 25.7 Å². The van der Waals surface area contributed by atoms with Crippen LogP contribution in [-0.4, -0.2) is 20.5 Å². The molecule has 128 valence electrons. The van der Waals surface area contributed by atoms with E-state index in [0.29, 0.717) is 0 Å². The Bertz CT molecular complexity index is 596. The van der Waals surface area contributed by atoms with Crippen molar-refractivity contribution in [1.29, 1.82) is 0 Å². The van der Waals surface area contributed by atoms with Crippen LogP contribution in [-0.2, 0) is 18.4 Å². The van der Waals surface area contributed by atoms with Gasteiger partial charge in [-0.05, 0) is 12.8 Å². The zero-order valence-electron chi connectivity index (χ0n) is 14.1. The highest BCUT2D eigenvalue weighted by atomic mass is 28.4. The summed E-state index contributed by atoms with van der Waals surface area (Å²) in [4.78, 5) is 24.3. The molecular weight excluding hydrogens is 320 g/mol. The second kappa shape index (κ2) is 7.62. The number of carbonyl (C=O) groups is 2. The minimum Gasteiger partial charge on any atom is -0.478 e. The van der Waals surface area contributed by atoms with Crippen molar-refractivity contribution < 1.29 is 18.4 Å². The van der Waals surface area contributed by atoms with Gasteiger partial charge in [0.25, 0.3) is 0 Å². The SMILES string of the molecule is C=CC(=O)O[Si](OC(=O)C=C)(c1ccccc1)C1(C)CCCCC1. The van der Waals surface area contributed by atoms with E-state index in [0.717, 1.165) is 49.4 Å². The lowest BCUT2D eigenvalue weighted by Crippen LogP contribution is -2.64. The second-order valence-electron chi connectivity index (χ2n) is 6.35. The molecule has 1 aromatic rings. The molecule has 0 atom stereocenters. The van der Waals surface area contributed by atoms with Crippen LogP contribution in [0.15, 0.2) is 55.6 Å². The molecule has 1 aliphatic carbocycles. The van der Waals surface area contributed by atoms with Gasteiger partial charge < -0.3 is 8.85 Å². The Morgan fingerprint density at radius 1 is 1.00 bits per heavy atom. The molecule has 1 saturated carbocycles. The molecule has 2 rings (SSSR count). The molecule has 0 unspecified atom stereocenters. The van der Waals surface area contributed by atoms with Crippen LogP contribution in [0.5, 0.6) is 0 Å². The summed E-state index contributed by atoms with van der Waals surface area (Å²) in [5, 5.41) is 0.393. The van der Waals surface area contributed by atoms with E-state index < -0.39 is 20.5 Å². The summed E-state index contributed by atoms with van der Waals surface area (Å²) in [6.45, 7) is 9.05. The average Bonchev–Trinajstić information content (AvgIpc) is 2.62. The predicted molar refractivity (Wildman–Crippen MR) is 95.9 cm³/mol. The Hall–Kier alpha value is -2.14. The van der Waals surface area contributed by atoms with Gasteiger partial charge in [-0.3, -0.25) is 0 Å². The van der Waals surface area contributed by atoms with E-state index in [2.05, 4.69) is 20.1 Å². The molecule has 0 N–H and O–H groups in total. The normalized spacial score (nSPS) is 16.7. The number of hydrogen-bond acceptors (Lipinski definition) is 4. The van der Waals surface area contributed by atoms with E-state index >= 15 is 0 Å². The topological polar surface area (TPSA) is 52.6 Å². The molecule has 5 heteroatoms. The van der Waals surface area contributed by atoms with Crippen LogP contribution in [0.4, 0.5) is 0 Å². The molecule has 1 aliphatic rings. The van der Waals surface area contributed by atoms with Crippen LogP contribution < -0.4 is 5.19 Å². The van der Waals surface area contributed by atoms with Gasteiger partial charge in [-0.1, -0.05) is 69.7 Å². The van der Waals surface area contributed by atoms with Crippen molar-refractivity contribution in [2.75, 3.05) is 0 Å². The van der Waals surface area contributed by atoms with Crippen molar-refractivity contribution in [2.24, 2.45) is 0 Å². The first-order valence-corrected chi connectivity index (χ1v) is 10.1. The Morgan fingerprint density at radius 2 is 1.50 bits per heavy atom. The monoisotopic (exact) mass is 344 g/mol.